The number of piperidine rings is 1. The fourth-order valence-corrected chi connectivity index (χ4v) is 1.94. The van der Waals surface area contributed by atoms with Gasteiger partial charge in [0.1, 0.15) is 0 Å². The Morgan fingerprint density at radius 1 is 1.20 bits per heavy atom. The largest absolute Gasteiger partial charge is 0.327 e. The van der Waals surface area contributed by atoms with Crippen molar-refractivity contribution in [2.45, 2.75) is 25.3 Å². The summed E-state index contributed by atoms with van der Waals surface area (Å²) in [7, 11) is 0. The molecule has 2 rings (SSSR count). The zero-order valence-corrected chi connectivity index (χ0v) is 6.34. The van der Waals surface area contributed by atoms with E-state index in [9.17, 15) is 0 Å². The predicted octanol–water partition coefficient (Wildman–Crippen LogP) is 0.333. The molecule has 10 heavy (non-hydrogen) atoms. The van der Waals surface area contributed by atoms with Crippen molar-refractivity contribution >= 4 is 0 Å². The zero-order valence-electron chi connectivity index (χ0n) is 6.34. The summed E-state index contributed by atoms with van der Waals surface area (Å²) in [6.07, 6.45) is 4.04. The molecule has 58 valence electrons. The number of hydrogen-bond acceptors (Lipinski definition) is 2. The summed E-state index contributed by atoms with van der Waals surface area (Å²) in [5.41, 5.74) is 5.98. The Morgan fingerprint density at radius 3 is 2.60 bits per heavy atom. The molecule has 2 atom stereocenters. The van der Waals surface area contributed by atoms with Gasteiger partial charge in [-0.3, -0.25) is 0 Å². The predicted molar refractivity (Wildman–Crippen MR) is 41.7 cm³/mol. The quantitative estimate of drug-likeness (QED) is 0.551. The second-order valence-corrected chi connectivity index (χ2v) is 3.66. The topological polar surface area (TPSA) is 38.0 Å². The first-order chi connectivity index (χ1) is 4.88. The van der Waals surface area contributed by atoms with Crippen LogP contribution in [0, 0.1) is 11.8 Å². The van der Waals surface area contributed by atoms with Gasteiger partial charge in [0.2, 0.25) is 0 Å². The summed E-state index contributed by atoms with van der Waals surface area (Å²) >= 11 is 0. The van der Waals surface area contributed by atoms with Gasteiger partial charge in [0.15, 0.2) is 0 Å². The smallest absolute Gasteiger partial charge is 0.00940 e. The van der Waals surface area contributed by atoms with Crippen LogP contribution in [-0.4, -0.2) is 19.1 Å². The molecule has 0 spiro atoms. The Bertz CT molecular complexity index is 120. The molecule has 3 N–H and O–H groups in total. The lowest BCUT2D eigenvalue weighted by Gasteiger charge is -2.29. The van der Waals surface area contributed by atoms with E-state index in [1.54, 1.807) is 0 Å². The van der Waals surface area contributed by atoms with E-state index in [2.05, 4.69) is 5.32 Å². The van der Waals surface area contributed by atoms with Crippen molar-refractivity contribution in [1.82, 2.24) is 5.32 Å². The minimum Gasteiger partial charge on any atom is -0.327 e. The molecular weight excluding hydrogens is 124 g/mol. The van der Waals surface area contributed by atoms with Crippen LogP contribution >= 0.6 is 0 Å². The third kappa shape index (κ3) is 1.18. The average Bonchev–Trinajstić information content (AvgIpc) is 2.71. The van der Waals surface area contributed by atoms with Crippen molar-refractivity contribution < 1.29 is 0 Å². The van der Waals surface area contributed by atoms with Crippen LogP contribution in [0.3, 0.4) is 0 Å². The van der Waals surface area contributed by atoms with Crippen molar-refractivity contribution in [3.63, 3.8) is 0 Å². The lowest BCUT2D eigenvalue weighted by Crippen LogP contribution is -2.45. The molecule has 0 bridgehead atoms. The first-order valence-corrected chi connectivity index (χ1v) is 4.34. The highest BCUT2D eigenvalue weighted by Crippen LogP contribution is 2.39. The van der Waals surface area contributed by atoms with Crippen molar-refractivity contribution in [3.8, 4) is 0 Å². The van der Waals surface area contributed by atoms with E-state index in [-0.39, 0.29) is 0 Å². The zero-order chi connectivity index (χ0) is 6.97. The number of hydrogen-bond donors (Lipinski definition) is 2. The molecule has 1 aliphatic carbocycles. The van der Waals surface area contributed by atoms with Crippen molar-refractivity contribution in [1.29, 1.82) is 0 Å². The third-order valence-corrected chi connectivity index (χ3v) is 2.81. The van der Waals surface area contributed by atoms with Gasteiger partial charge >= 0.3 is 0 Å². The molecule has 0 aromatic rings. The van der Waals surface area contributed by atoms with E-state index in [4.69, 9.17) is 5.73 Å². The van der Waals surface area contributed by atoms with Crippen molar-refractivity contribution in [2.75, 3.05) is 13.1 Å². The third-order valence-electron chi connectivity index (χ3n) is 2.81. The van der Waals surface area contributed by atoms with Crippen LogP contribution in [0.4, 0.5) is 0 Å². The standard InChI is InChI=1S/C8H16N2/c9-8-3-4-10-5-7(8)6-1-2-6/h6-8,10H,1-5,9H2. The van der Waals surface area contributed by atoms with Gasteiger partial charge in [0.25, 0.3) is 0 Å². The first-order valence-electron chi connectivity index (χ1n) is 4.34. The van der Waals surface area contributed by atoms with Crippen LogP contribution in [0.1, 0.15) is 19.3 Å². The second kappa shape index (κ2) is 2.51. The second-order valence-electron chi connectivity index (χ2n) is 3.66. The van der Waals surface area contributed by atoms with E-state index in [1.165, 1.54) is 25.8 Å². The Hall–Kier alpha value is -0.0800. The van der Waals surface area contributed by atoms with E-state index in [0.717, 1.165) is 18.4 Å². The van der Waals surface area contributed by atoms with E-state index >= 15 is 0 Å². The van der Waals surface area contributed by atoms with Gasteiger partial charge in [-0.2, -0.15) is 0 Å². The van der Waals surface area contributed by atoms with Gasteiger partial charge in [0.05, 0.1) is 0 Å². The van der Waals surface area contributed by atoms with Gasteiger partial charge in [-0.05, 0) is 44.2 Å². The molecule has 0 aromatic heterocycles. The van der Waals surface area contributed by atoms with Gasteiger partial charge in [-0.15, -0.1) is 0 Å². The monoisotopic (exact) mass is 140 g/mol. The minimum absolute atomic E-state index is 0.494. The van der Waals surface area contributed by atoms with Gasteiger partial charge in [0, 0.05) is 6.04 Å². The maximum Gasteiger partial charge on any atom is 0.00940 e. The van der Waals surface area contributed by atoms with Crippen LogP contribution < -0.4 is 11.1 Å². The maximum absolute atomic E-state index is 5.98. The summed E-state index contributed by atoms with van der Waals surface area (Å²) in [4.78, 5) is 0. The van der Waals surface area contributed by atoms with Crippen molar-refractivity contribution in [2.24, 2.45) is 17.6 Å². The Morgan fingerprint density at radius 2 is 2.00 bits per heavy atom. The minimum atomic E-state index is 0.494. The molecule has 1 heterocycles. The fourth-order valence-electron chi connectivity index (χ4n) is 1.94. The molecule has 2 unspecified atom stereocenters. The van der Waals surface area contributed by atoms with Gasteiger partial charge in [-0.25, -0.2) is 0 Å². The molecular formula is C8H16N2. The number of nitrogens with two attached hydrogens (primary N) is 1. The molecule has 1 saturated carbocycles. The van der Waals surface area contributed by atoms with Crippen LogP contribution in [0.5, 0.6) is 0 Å². The normalized spacial score (nSPS) is 41.7. The maximum atomic E-state index is 5.98. The molecule has 2 aliphatic rings. The molecule has 0 amide bonds. The molecule has 2 fully saturated rings. The Labute approximate surface area is 62.2 Å². The van der Waals surface area contributed by atoms with Gasteiger partial charge in [-0.1, -0.05) is 0 Å². The van der Waals surface area contributed by atoms with Gasteiger partial charge < -0.3 is 11.1 Å². The summed E-state index contributed by atoms with van der Waals surface area (Å²) in [5.74, 6) is 1.77. The van der Waals surface area contributed by atoms with Crippen LogP contribution in [0.15, 0.2) is 0 Å². The highest BCUT2D eigenvalue weighted by Gasteiger charge is 2.35. The number of rotatable bonds is 1. The lowest BCUT2D eigenvalue weighted by atomic mass is 9.90. The number of nitrogens with one attached hydrogen (secondary N) is 1. The van der Waals surface area contributed by atoms with E-state index in [0.29, 0.717) is 6.04 Å². The highest BCUT2D eigenvalue weighted by molar-refractivity contribution is 4.91. The van der Waals surface area contributed by atoms with Crippen LogP contribution in [-0.2, 0) is 0 Å². The van der Waals surface area contributed by atoms with E-state index in [1.807, 2.05) is 0 Å². The fraction of sp³-hybridized carbons (Fsp3) is 1.00. The SMILES string of the molecule is NC1CCNCC1C1CC1. The summed E-state index contributed by atoms with van der Waals surface area (Å²) < 4.78 is 0. The lowest BCUT2D eigenvalue weighted by molar-refractivity contribution is 0.294. The first kappa shape index (κ1) is 6.62. The Balaban J connectivity index is 1.90. The summed E-state index contributed by atoms with van der Waals surface area (Å²) in [6, 6.07) is 0.494. The molecule has 1 saturated heterocycles. The van der Waals surface area contributed by atoms with E-state index < -0.39 is 0 Å². The molecule has 0 radical (unpaired) electrons. The molecule has 2 heteroatoms. The molecule has 1 aliphatic heterocycles. The molecule has 0 aromatic carbocycles. The van der Waals surface area contributed by atoms with Crippen LogP contribution in [0.25, 0.3) is 0 Å². The summed E-state index contributed by atoms with van der Waals surface area (Å²) in [5, 5.41) is 3.41. The Kier molecular flexibility index (Phi) is 1.66. The van der Waals surface area contributed by atoms with Crippen LogP contribution in [0.2, 0.25) is 0 Å². The average molecular weight is 140 g/mol. The summed E-state index contributed by atoms with van der Waals surface area (Å²) in [6.45, 7) is 2.30. The van der Waals surface area contributed by atoms with Crippen molar-refractivity contribution in [3.05, 3.63) is 0 Å². The highest BCUT2D eigenvalue weighted by atomic mass is 14.9. The molecule has 2 nitrogen and oxygen atoms in total.